The molecule has 0 fully saturated rings. The Morgan fingerprint density at radius 1 is 1.35 bits per heavy atom. The molecular weight excluding hydrogens is 300 g/mol. The van der Waals surface area contributed by atoms with Gasteiger partial charge in [-0.15, -0.1) is 0 Å². The molecular formula is C14H20BrClO. The van der Waals surface area contributed by atoms with Crippen molar-refractivity contribution in [2.24, 2.45) is 5.92 Å². The summed E-state index contributed by atoms with van der Waals surface area (Å²) in [6.45, 7) is 8.57. The van der Waals surface area contributed by atoms with Gasteiger partial charge in [-0.2, -0.15) is 0 Å². The van der Waals surface area contributed by atoms with E-state index >= 15 is 0 Å². The number of benzene rings is 1. The Bertz CT molecular complexity index is 404. The van der Waals surface area contributed by atoms with Crippen LogP contribution in [0, 0.1) is 19.8 Å². The third-order valence-corrected chi connectivity index (χ3v) is 4.88. The van der Waals surface area contributed by atoms with Gasteiger partial charge in [-0.05, 0) is 42.9 Å². The molecule has 0 aliphatic carbocycles. The van der Waals surface area contributed by atoms with Crippen LogP contribution in [0.15, 0.2) is 6.07 Å². The van der Waals surface area contributed by atoms with Crippen LogP contribution in [-0.4, -0.2) is 12.4 Å². The van der Waals surface area contributed by atoms with Crippen LogP contribution < -0.4 is 4.74 Å². The monoisotopic (exact) mass is 318 g/mol. The van der Waals surface area contributed by atoms with Crippen molar-refractivity contribution in [2.45, 2.75) is 33.6 Å². The van der Waals surface area contributed by atoms with Crippen LogP contribution in [-0.2, 0) is 0 Å². The molecule has 0 saturated heterocycles. The molecule has 0 aliphatic rings. The molecule has 1 nitrogen and oxygen atoms in total. The maximum absolute atomic E-state index is 6.27. The molecule has 17 heavy (non-hydrogen) atoms. The first-order chi connectivity index (χ1) is 7.93. The predicted molar refractivity (Wildman–Crippen MR) is 78.9 cm³/mol. The lowest BCUT2D eigenvalue weighted by Gasteiger charge is -2.24. The first kappa shape index (κ1) is 14.8. The largest absolute Gasteiger partial charge is 0.496 e. The van der Waals surface area contributed by atoms with Gasteiger partial charge in [0.05, 0.1) is 7.11 Å². The summed E-state index contributed by atoms with van der Waals surface area (Å²) in [4.78, 5) is 0. The summed E-state index contributed by atoms with van der Waals surface area (Å²) in [5.74, 6) is 1.94. The van der Waals surface area contributed by atoms with Gasteiger partial charge in [-0.1, -0.05) is 41.4 Å². The molecule has 2 atom stereocenters. The van der Waals surface area contributed by atoms with E-state index in [1.54, 1.807) is 7.11 Å². The first-order valence-corrected chi connectivity index (χ1v) is 7.33. The second-order valence-electron chi connectivity index (χ2n) is 4.67. The summed E-state index contributed by atoms with van der Waals surface area (Å²) in [6, 6.07) is 1.98. The average Bonchev–Trinajstić information content (AvgIpc) is 2.31. The van der Waals surface area contributed by atoms with Crippen molar-refractivity contribution in [3.05, 3.63) is 27.8 Å². The van der Waals surface area contributed by atoms with Crippen molar-refractivity contribution >= 4 is 27.5 Å². The molecule has 1 aromatic carbocycles. The molecule has 0 spiro atoms. The predicted octanol–water partition coefficient (Wildman–Crippen LogP) is 5.10. The molecule has 0 radical (unpaired) electrons. The standard InChI is InChI=1S/C14H20BrClO/c1-8-6-12(16)11(4)13(14(8)17-5)10(3)9(2)7-15/h6,9-10H,7H2,1-5H3. The first-order valence-electron chi connectivity index (χ1n) is 5.83. The summed E-state index contributed by atoms with van der Waals surface area (Å²) in [7, 11) is 1.73. The molecule has 2 unspecified atom stereocenters. The zero-order chi connectivity index (χ0) is 13.2. The number of hydrogen-bond donors (Lipinski definition) is 0. The lowest BCUT2D eigenvalue weighted by Crippen LogP contribution is -2.11. The van der Waals surface area contributed by atoms with E-state index in [0.29, 0.717) is 11.8 Å². The normalized spacial score (nSPS) is 14.5. The Balaban J connectivity index is 3.38. The van der Waals surface area contributed by atoms with Gasteiger partial charge in [-0.25, -0.2) is 0 Å². The Labute approximate surface area is 118 Å². The highest BCUT2D eigenvalue weighted by molar-refractivity contribution is 9.09. The minimum Gasteiger partial charge on any atom is -0.496 e. The minimum atomic E-state index is 0.418. The third-order valence-electron chi connectivity index (χ3n) is 3.46. The quantitative estimate of drug-likeness (QED) is 0.702. The van der Waals surface area contributed by atoms with Crippen LogP contribution in [0.5, 0.6) is 5.75 Å². The molecule has 0 aliphatic heterocycles. The molecule has 0 N–H and O–H groups in total. The van der Waals surface area contributed by atoms with E-state index in [9.17, 15) is 0 Å². The van der Waals surface area contributed by atoms with Crippen LogP contribution in [0.1, 0.15) is 36.5 Å². The number of ether oxygens (including phenoxy) is 1. The maximum Gasteiger partial charge on any atom is 0.125 e. The Hall–Kier alpha value is -0.210. The topological polar surface area (TPSA) is 9.23 Å². The third kappa shape index (κ3) is 2.97. The number of alkyl halides is 1. The molecule has 96 valence electrons. The Morgan fingerprint density at radius 2 is 1.94 bits per heavy atom. The second kappa shape index (κ2) is 6.10. The van der Waals surface area contributed by atoms with Gasteiger partial charge < -0.3 is 4.74 Å². The fraction of sp³-hybridized carbons (Fsp3) is 0.571. The van der Waals surface area contributed by atoms with Crippen molar-refractivity contribution in [1.82, 2.24) is 0 Å². The van der Waals surface area contributed by atoms with E-state index in [0.717, 1.165) is 27.2 Å². The van der Waals surface area contributed by atoms with Crippen LogP contribution >= 0.6 is 27.5 Å². The highest BCUT2D eigenvalue weighted by Gasteiger charge is 2.22. The zero-order valence-corrected chi connectivity index (χ0v) is 13.4. The fourth-order valence-electron chi connectivity index (χ4n) is 2.11. The smallest absolute Gasteiger partial charge is 0.125 e. The van der Waals surface area contributed by atoms with Crippen LogP contribution in [0.2, 0.25) is 5.02 Å². The summed E-state index contributed by atoms with van der Waals surface area (Å²) in [5.41, 5.74) is 3.48. The lowest BCUT2D eigenvalue weighted by molar-refractivity contribution is 0.396. The van der Waals surface area contributed by atoms with E-state index in [-0.39, 0.29) is 0 Å². The number of halogens is 2. The molecule has 0 amide bonds. The van der Waals surface area contributed by atoms with E-state index < -0.39 is 0 Å². The number of aryl methyl sites for hydroxylation is 1. The second-order valence-corrected chi connectivity index (χ2v) is 5.72. The van der Waals surface area contributed by atoms with E-state index in [4.69, 9.17) is 16.3 Å². The molecule has 0 heterocycles. The van der Waals surface area contributed by atoms with E-state index in [2.05, 4.69) is 36.7 Å². The minimum absolute atomic E-state index is 0.418. The summed E-state index contributed by atoms with van der Waals surface area (Å²) in [6.07, 6.45) is 0. The van der Waals surface area contributed by atoms with Crippen LogP contribution in [0.4, 0.5) is 0 Å². The summed E-state index contributed by atoms with van der Waals surface area (Å²) >= 11 is 9.82. The van der Waals surface area contributed by atoms with Crippen molar-refractivity contribution in [3.63, 3.8) is 0 Å². The number of methoxy groups -OCH3 is 1. The fourth-order valence-corrected chi connectivity index (χ4v) is 2.94. The van der Waals surface area contributed by atoms with Gasteiger partial charge in [0.1, 0.15) is 5.75 Å². The summed E-state index contributed by atoms with van der Waals surface area (Å²) < 4.78 is 5.55. The number of hydrogen-bond acceptors (Lipinski definition) is 1. The molecule has 0 bridgehead atoms. The Kier molecular flexibility index (Phi) is 5.33. The maximum atomic E-state index is 6.27. The molecule has 0 aromatic heterocycles. The molecule has 0 saturated carbocycles. The van der Waals surface area contributed by atoms with Crippen molar-refractivity contribution < 1.29 is 4.74 Å². The zero-order valence-electron chi connectivity index (χ0n) is 11.1. The number of rotatable bonds is 4. The van der Waals surface area contributed by atoms with Gasteiger partial charge >= 0.3 is 0 Å². The Morgan fingerprint density at radius 3 is 2.41 bits per heavy atom. The van der Waals surface area contributed by atoms with Crippen molar-refractivity contribution in [1.29, 1.82) is 0 Å². The highest BCUT2D eigenvalue weighted by atomic mass is 79.9. The molecule has 1 aromatic rings. The van der Waals surface area contributed by atoms with Gasteiger partial charge in [0.2, 0.25) is 0 Å². The van der Waals surface area contributed by atoms with Gasteiger partial charge in [0.15, 0.2) is 0 Å². The van der Waals surface area contributed by atoms with Gasteiger partial charge in [0.25, 0.3) is 0 Å². The SMILES string of the molecule is COc1c(C)cc(Cl)c(C)c1C(C)C(C)CBr. The van der Waals surface area contributed by atoms with Crippen molar-refractivity contribution in [2.75, 3.05) is 12.4 Å². The average molecular weight is 320 g/mol. The van der Waals surface area contributed by atoms with Gasteiger partial charge in [-0.3, -0.25) is 0 Å². The van der Waals surface area contributed by atoms with E-state index in [1.165, 1.54) is 5.56 Å². The van der Waals surface area contributed by atoms with Crippen LogP contribution in [0.3, 0.4) is 0 Å². The van der Waals surface area contributed by atoms with Crippen LogP contribution in [0.25, 0.3) is 0 Å². The summed E-state index contributed by atoms with van der Waals surface area (Å²) in [5, 5.41) is 1.80. The van der Waals surface area contributed by atoms with Gasteiger partial charge in [0, 0.05) is 15.9 Å². The molecule has 1 rings (SSSR count). The van der Waals surface area contributed by atoms with E-state index in [1.807, 2.05) is 13.0 Å². The lowest BCUT2D eigenvalue weighted by atomic mass is 9.85. The molecule has 3 heteroatoms. The highest BCUT2D eigenvalue weighted by Crippen LogP contribution is 2.40. The van der Waals surface area contributed by atoms with Crippen molar-refractivity contribution in [3.8, 4) is 5.75 Å².